The monoisotopic (exact) mass is 347 g/mol. The first-order chi connectivity index (χ1) is 12.0. The van der Waals surface area contributed by atoms with Gasteiger partial charge in [-0.2, -0.15) is 0 Å². The average molecular weight is 347 g/mol. The Morgan fingerprint density at radius 2 is 1.80 bits per heavy atom. The Hall–Kier alpha value is -3.69. The van der Waals surface area contributed by atoms with E-state index in [0.717, 1.165) is 18.2 Å². The van der Waals surface area contributed by atoms with E-state index in [2.05, 4.69) is 5.16 Å². The molecule has 0 bridgehead atoms. The van der Waals surface area contributed by atoms with Crippen LogP contribution in [-0.4, -0.2) is 27.9 Å². The zero-order chi connectivity index (χ0) is 18.4. The van der Waals surface area contributed by atoms with Crippen molar-refractivity contribution in [3.63, 3.8) is 0 Å². The van der Waals surface area contributed by atoms with Gasteiger partial charge in [-0.3, -0.25) is 20.2 Å². The van der Waals surface area contributed by atoms with E-state index < -0.39 is 21.2 Å². The number of nitrogens with zero attached hydrogens (tertiary/aromatic N) is 3. The molecule has 0 aliphatic rings. The molecule has 0 aliphatic heterocycles. The van der Waals surface area contributed by atoms with Crippen molar-refractivity contribution in [2.24, 2.45) is 5.16 Å². The molecular formula is C15H13N3O7. The molecule has 0 atom stereocenters. The zero-order valence-electron chi connectivity index (χ0n) is 13.0. The van der Waals surface area contributed by atoms with Crippen molar-refractivity contribution >= 4 is 17.6 Å². The standard InChI is InChI=1S/C15H13N3O7/c1-2-24-15-7-10(9-16-19)3-5-14(15)25-13-6-4-11(17(20)21)8-12(13)18(22)23/h3-9,19H,2H2,1H3/b16-9+. The third kappa shape index (κ3) is 4.19. The summed E-state index contributed by atoms with van der Waals surface area (Å²) in [7, 11) is 0. The van der Waals surface area contributed by atoms with Gasteiger partial charge in [0.2, 0.25) is 5.75 Å². The second-order valence-electron chi connectivity index (χ2n) is 4.65. The van der Waals surface area contributed by atoms with E-state index in [1.54, 1.807) is 13.0 Å². The summed E-state index contributed by atoms with van der Waals surface area (Å²) in [6.45, 7) is 2.04. The van der Waals surface area contributed by atoms with Crippen molar-refractivity contribution in [1.29, 1.82) is 0 Å². The van der Waals surface area contributed by atoms with Crippen LogP contribution in [0.25, 0.3) is 0 Å². The quantitative estimate of drug-likeness (QED) is 0.350. The first-order valence-electron chi connectivity index (χ1n) is 7.01. The van der Waals surface area contributed by atoms with Crippen LogP contribution in [0.15, 0.2) is 41.6 Å². The Morgan fingerprint density at radius 3 is 2.40 bits per heavy atom. The fourth-order valence-corrected chi connectivity index (χ4v) is 1.99. The van der Waals surface area contributed by atoms with Crippen molar-refractivity contribution in [2.45, 2.75) is 6.92 Å². The van der Waals surface area contributed by atoms with E-state index in [-0.39, 0.29) is 17.2 Å². The fraction of sp³-hybridized carbons (Fsp3) is 0.133. The molecule has 0 heterocycles. The molecule has 0 radical (unpaired) electrons. The number of hydrogen-bond acceptors (Lipinski definition) is 8. The molecule has 1 N–H and O–H groups in total. The molecule has 0 saturated carbocycles. The highest BCUT2D eigenvalue weighted by atomic mass is 16.6. The summed E-state index contributed by atoms with van der Waals surface area (Å²) < 4.78 is 10.9. The van der Waals surface area contributed by atoms with Gasteiger partial charge < -0.3 is 14.7 Å². The maximum Gasteiger partial charge on any atom is 0.318 e. The van der Waals surface area contributed by atoms with Crippen LogP contribution in [0.5, 0.6) is 17.2 Å². The molecular weight excluding hydrogens is 334 g/mol. The molecule has 2 aromatic rings. The first-order valence-corrected chi connectivity index (χ1v) is 7.01. The summed E-state index contributed by atoms with van der Waals surface area (Å²) in [6.07, 6.45) is 1.18. The van der Waals surface area contributed by atoms with Crippen molar-refractivity contribution in [3.05, 3.63) is 62.2 Å². The van der Waals surface area contributed by atoms with E-state index in [9.17, 15) is 20.2 Å². The number of rotatable bonds is 7. The number of ether oxygens (including phenoxy) is 2. The van der Waals surface area contributed by atoms with Crippen LogP contribution < -0.4 is 9.47 Å². The Bertz CT molecular complexity index is 836. The topological polar surface area (TPSA) is 137 Å². The van der Waals surface area contributed by atoms with Crippen LogP contribution in [0.1, 0.15) is 12.5 Å². The Balaban J connectivity index is 2.44. The van der Waals surface area contributed by atoms with E-state index in [1.807, 2.05) is 0 Å². The van der Waals surface area contributed by atoms with Crippen molar-refractivity contribution < 1.29 is 24.5 Å². The van der Waals surface area contributed by atoms with Crippen LogP contribution in [0, 0.1) is 20.2 Å². The van der Waals surface area contributed by atoms with Gasteiger partial charge in [-0.15, -0.1) is 0 Å². The largest absolute Gasteiger partial charge is 0.490 e. The molecule has 0 aliphatic carbocycles. The number of oxime groups is 1. The second-order valence-corrected chi connectivity index (χ2v) is 4.65. The summed E-state index contributed by atoms with van der Waals surface area (Å²) in [4.78, 5) is 20.4. The lowest BCUT2D eigenvalue weighted by atomic mass is 10.2. The van der Waals surface area contributed by atoms with E-state index >= 15 is 0 Å². The summed E-state index contributed by atoms with van der Waals surface area (Å²) in [6, 6.07) is 7.63. The van der Waals surface area contributed by atoms with Gasteiger partial charge >= 0.3 is 5.69 Å². The summed E-state index contributed by atoms with van der Waals surface area (Å²) in [5, 5.41) is 33.4. The van der Waals surface area contributed by atoms with E-state index in [0.29, 0.717) is 12.2 Å². The number of non-ortho nitro benzene ring substituents is 1. The van der Waals surface area contributed by atoms with Crippen LogP contribution in [0.3, 0.4) is 0 Å². The van der Waals surface area contributed by atoms with E-state index in [4.69, 9.17) is 14.7 Å². The van der Waals surface area contributed by atoms with Gasteiger partial charge in [-0.1, -0.05) is 5.16 Å². The molecule has 0 unspecified atom stereocenters. The smallest absolute Gasteiger partial charge is 0.318 e. The number of hydrogen-bond donors (Lipinski definition) is 1. The van der Waals surface area contributed by atoms with Crippen LogP contribution >= 0.6 is 0 Å². The fourth-order valence-electron chi connectivity index (χ4n) is 1.99. The highest BCUT2D eigenvalue weighted by Crippen LogP contribution is 2.38. The molecule has 130 valence electrons. The van der Waals surface area contributed by atoms with Crippen molar-refractivity contribution in [2.75, 3.05) is 6.61 Å². The first kappa shape index (κ1) is 17.7. The van der Waals surface area contributed by atoms with Crippen molar-refractivity contribution in [1.82, 2.24) is 0 Å². The molecule has 0 saturated heterocycles. The Kier molecular flexibility index (Phi) is 5.46. The van der Waals surface area contributed by atoms with Gasteiger partial charge in [-0.25, -0.2) is 0 Å². The highest BCUT2D eigenvalue weighted by Gasteiger charge is 2.22. The lowest BCUT2D eigenvalue weighted by molar-refractivity contribution is -0.394. The zero-order valence-corrected chi connectivity index (χ0v) is 13.0. The maximum absolute atomic E-state index is 11.2. The molecule has 25 heavy (non-hydrogen) atoms. The van der Waals surface area contributed by atoms with Gasteiger partial charge in [0.15, 0.2) is 11.5 Å². The number of nitro groups is 2. The lowest BCUT2D eigenvalue weighted by Crippen LogP contribution is -1.99. The number of benzene rings is 2. The second kappa shape index (κ2) is 7.73. The lowest BCUT2D eigenvalue weighted by Gasteiger charge is -2.12. The molecule has 2 rings (SSSR count). The Morgan fingerprint density at radius 1 is 1.08 bits per heavy atom. The van der Waals surface area contributed by atoms with Crippen LogP contribution in [0.2, 0.25) is 0 Å². The minimum absolute atomic E-state index is 0.167. The molecule has 2 aromatic carbocycles. The van der Waals surface area contributed by atoms with Crippen LogP contribution in [-0.2, 0) is 0 Å². The highest BCUT2D eigenvalue weighted by molar-refractivity contribution is 5.80. The minimum atomic E-state index is -0.768. The van der Waals surface area contributed by atoms with Gasteiger partial charge in [0, 0.05) is 11.6 Å². The molecule has 0 amide bonds. The maximum atomic E-state index is 11.2. The third-order valence-corrected chi connectivity index (χ3v) is 3.04. The van der Waals surface area contributed by atoms with Gasteiger partial charge in [0.05, 0.1) is 28.7 Å². The number of nitro benzene ring substituents is 2. The van der Waals surface area contributed by atoms with E-state index in [1.165, 1.54) is 18.3 Å². The Labute approximate surface area is 141 Å². The molecule has 0 aromatic heterocycles. The van der Waals surface area contributed by atoms with Crippen molar-refractivity contribution in [3.8, 4) is 17.2 Å². The molecule has 0 spiro atoms. The third-order valence-electron chi connectivity index (χ3n) is 3.04. The summed E-state index contributed by atoms with van der Waals surface area (Å²) in [5.74, 6) is 0.279. The van der Waals surface area contributed by atoms with Gasteiger partial charge in [0.1, 0.15) is 0 Å². The SMILES string of the molecule is CCOc1cc(/C=N/O)ccc1Oc1ccc([N+](=O)[O-])cc1[N+](=O)[O-]. The normalized spacial score (nSPS) is 10.6. The minimum Gasteiger partial charge on any atom is -0.490 e. The van der Waals surface area contributed by atoms with Gasteiger partial charge in [0.25, 0.3) is 5.69 Å². The molecule has 10 heteroatoms. The summed E-state index contributed by atoms with van der Waals surface area (Å²) in [5.41, 5.74) is -0.437. The summed E-state index contributed by atoms with van der Waals surface area (Å²) >= 11 is 0. The molecule has 0 fully saturated rings. The van der Waals surface area contributed by atoms with Gasteiger partial charge in [-0.05, 0) is 31.2 Å². The average Bonchev–Trinajstić information content (AvgIpc) is 2.57. The predicted octanol–water partition coefficient (Wildman–Crippen LogP) is 3.50. The van der Waals surface area contributed by atoms with Crippen LogP contribution in [0.4, 0.5) is 11.4 Å². The predicted molar refractivity (Wildman–Crippen MR) is 86.8 cm³/mol. The molecule has 10 nitrogen and oxygen atoms in total.